The standard InChI is InChI=1S/C29H29NO2.CH4S/c1-29(2,32)27-12-4-3-10-23(27)11-6-9-21-7-5-8-22(19-21)13-16-25-17-14-24-15-18-26(31)20-28(24)30-25;1-2/h3-5,7-8,10,12-20,31-32H,6,9,11H2,1-2H3;2H,1H3/b16-13+;. The summed E-state index contributed by atoms with van der Waals surface area (Å²) in [6.07, 6.45) is 8.71. The van der Waals surface area contributed by atoms with Crippen LogP contribution in [0.5, 0.6) is 5.75 Å². The van der Waals surface area contributed by atoms with E-state index >= 15 is 0 Å². The van der Waals surface area contributed by atoms with Crippen molar-refractivity contribution < 1.29 is 10.2 Å². The Labute approximate surface area is 208 Å². The Balaban J connectivity index is 0.00000158. The number of phenolic OH excluding ortho intramolecular Hbond substituents is 1. The fraction of sp³-hybridized carbons (Fsp3) is 0.233. The highest BCUT2D eigenvalue weighted by molar-refractivity contribution is 7.79. The molecule has 0 aliphatic rings. The number of hydrogen-bond acceptors (Lipinski definition) is 4. The van der Waals surface area contributed by atoms with Crippen LogP contribution in [-0.2, 0) is 18.4 Å². The van der Waals surface area contributed by atoms with Crippen LogP contribution in [0.2, 0.25) is 0 Å². The van der Waals surface area contributed by atoms with Crippen LogP contribution in [0, 0.1) is 0 Å². The highest BCUT2D eigenvalue weighted by atomic mass is 32.1. The normalized spacial score (nSPS) is 11.4. The number of aliphatic hydroxyl groups is 1. The van der Waals surface area contributed by atoms with Gasteiger partial charge < -0.3 is 10.2 Å². The second-order valence-corrected chi connectivity index (χ2v) is 8.76. The number of aromatic nitrogens is 1. The summed E-state index contributed by atoms with van der Waals surface area (Å²) >= 11 is 3.53. The van der Waals surface area contributed by atoms with Gasteiger partial charge in [0.1, 0.15) is 5.75 Å². The predicted molar refractivity (Wildman–Crippen MR) is 147 cm³/mol. The topological polar surface area (TPSA) is 53.4 Å². The fourth-order valence-electron chi connectivity index (χ4n) is 4.07. The van der Waals surface area contributed by atoms with E-state index in [4.69, 9.17) is 0 Å². The smallest absolute Gasteiger partial charge is 0.117 e. The third-order valence-electron chi connectivity index (χ3n) is 5.68. The van der Waals surface area contributed by atoms with Crippen molar-refractivity contribution in [3.8, 4) is 5.75 Å². The van der Waals surface area contributed by atoms with Gasteiger partial charge in [0.15, 0.2) is 0 Å². The molecule has 4 rings (SSSR count). The first-order valence-corrected chi connectivity index (χ1v) is 12.4. The zero-order valence-electron chi connectivity index (χ0n) is 20.1. The van der Waals surface area contributed by atoms with Gasteiger partial charge in [0.2, 0.25) is 0 Å². The van der Waals surface area contributed by atoms with Crippen molar-refractivity contribution in [2.75, 3.05) is 6.26 Å². The van der Waals surface area contributed by atoms with Gasteiger partial charge in [-0.15, -0.1) is 0 Å². The summed E-state index contributed by atoms with van der Waals surface area (Å²) in [6.45, 7) is 3.68. The van der Waals surface area contributed by atoms with Crippen LogP contribution in [0.4, 0.5) is 0 Å². The van der Waals surface area contributed by atoms with E-state index in [-0.39, 0.29) is 5.75 Å². The highest BCUT2D eigenvalue weighted by Gasteiger charge is 2.18. The van der Waals surface area contributed by atoms with Crippen molar-refractivity contribution in [1.29, 1.82) is 0 Å². The number of aromatic hydroxyl groups is 1. The molecule has 4 aromatic rings. The third kappa shape index (κ3) is 6.96. The van der Waals surface area contributed by atoms with Crippen molar-refractivity contribution >= 4 is 35.7 Å². The lowest BCUT2D eigenvalue weighted by molar-refractivity contribution is 0.0776. The Morgan fingerprint density at radius 1 is 0.853 bits per heavy atom. The molecule has 0 radical (unpaired) electrons. The van der Waals surface area contributed by atoms with Crippen molar-refractivity contribution in [2.45, 2.75) is 38.7 Å². The maximum atomic E-state index is 10.4. The molecule has 1 heterocycles. The number of rotatable bonds is 7. The number of hydrogen-bond donors (Lipinski definition) is 3. The highest BCUT2D eigenvalue weighted by Crippen LogP contribution is 2.25. The quantitative estimate of drug-likeness (QED) is 0.253. The number of aryl methyl sites for hydroxylation is 2. The molecule has 1 aromatic heterocycles. The summed E-state index contributed by atoms with van der Waals surface area (Å²) in [6, 6.07) is 25.9. The molecule has 2 N–H and O–H groups in total. The summed E-state index contributed by atoms with van der Waals surface area (Å²) in [7, 11) is 0. The maximum Gasteiger partial charge on any atom is 0.117 e. The van der Waals surface area contributed by atoms with Crippen LogP contribution in [-0.4, -0.2) is 21.5 Å². The molecule has 0 aliphatic carbocycles. The third-order valence-corrected chi connectivity index (χ3v) is 5.68. The minimum Gasteiger partial charge on any atom is -0.508 e. The van der Waals surface area contributed by atoms with Gasteiger partial charge in [0.05, 0.1) is 16.8 Å². The van der Waals surface area contributed by atoms with E-state index in [1.54, 1.807) is 18.4 Å². The minimum atomic E-state index is -0.823. The van der Waals surface area contributed by atoms with E-state index in [9.17, 15) is 10.2 Å². The summed E-state index contributed by atoms with van der Waals surface area (Å²) in [5.74, 6) is 0.226. The maximum absolute atomic E-state index is 10.4. The Hall–Kier alpha value is -3.08. The predicted octanol–water partition coefficient (Wildman–Crippen LogP) is 7.06. The second kappa shape index (κ2) is 11.9. The molecule has 0 bridgehead atoms. The Bertz CT molecular complexity index is 1260. The molecule has 0 unspecified atom stereocenters. The molecule has 3 nitrogen and oxygen atoms in total. The van der Waals surface area contributed by atoms with E-state index in [0.29, 0.717) is 0 Å². The average molecular weight is 472 g/mol. The van der Waals surface area contributed by atoms with E-state index in [1.807, 2.05) is 56.3 Å². The van der Waals surface area contributed by atoms with Gasteiger partial charge in [-0.2, -0.15) is 12.6 Å². The minimum absolute atomic E-state index is 0.226. The van der Waals surface area contributed by atoms with Gasteiger partial charge >= 0.3 is 0 Å². The second-order valence-electron chi connectivity index (χ2n) is 8.76. The molecular weight excluding hydrogens is 438 g/mol. The molecule has 176 valence electrons. The summed E-state index contributed by atoms with van der Waals surface area (Å²) < 4.78 is 0. The first kappa shape index (κ1) is 25.5. The van der Waals surface area contributed by atoms with E-state index in [2.05, 4.69) is 54.0 Å². The van der Waals surface area contributed by atoms with Gasteiger partial charge in [-0.3, -0.25) is 0 Å². The number of pyridine rings is 1. The monoisotopic (exact) mass is 471 g/mol. The Kier molecular flexibility index (Phi) is 8.91. The lowest BCUT2D eigenvalue weighted by Gasteiger charge is -2.21. The number of benzene rings is 3. The zero-order valence-corrected chi connectivity index (χ0v) is 21.0. The largest absolute Gasteiger partial charge is 0.508 e. The zero-order chi connectivity index (χ0) is 24.6. The molecule has 0 atom stereocenters. The summed E-state index contributed by atoms with van der Waals surface area (Å²) in [5.41, 5.74) is 5.47. The number of phenols is 1. The van der Waals surface area contributed by atoms with Gasteiger partial charge in [-0.1, -0.05) is 60.7 Å². The van der Waals surface area contributed by atoms with Crippen LogP contribution in [0.25, 0.3) is 23.1 Å². The number of thiol groups is 1. The molecule has 34 heavy (non-hydrogen) atoms. The SMILES string of the molecule is CC(C)(O)c1ccccc1CCCc1cccc(/C=C/c2ccc3ccc(O)cc3n2)c1.CS. The lowest BCUT2D eigenvalue weighted by Crippen LogP contribution is -2.18. The van der Waals surface area contributed by atoms with Gasteiger partial charge in [0, 0.05) is 11.5 Å². The molecule has 0 spiro atoms. The summed E-state index contributed by atoms with van der Waals surface area (Å²) in [5, 5.41) is 21.1. The first-order chi connectivity index (χ1) is 16.4. The van der Waals surface area contributed by atoms with Crippen LogP contribution in [0.15, 0.2) is 78.9 Å². The Morgan fingerprint density at radius 3 is 2.41 bits per heavy atom. The van der Waals surface area contributed by atoms with E-state index in [1.165, 1.54) is 11.1 Å². The fourth-order valence-corrected chi connectivity index (χ4v) is 4.07. The van der Waals surface area contributed by atoms with Crippen molar-refractivity contribution in [2.24, 2.45) is 0 Å². The number of fused-ring (bicyclic) bond motifs is 1. The van der Waals surface area contributed by atoms with Crippen LogP contribution < -0.4 is 0 Å². The molecule has 0 saturated carbocycles. The molecule has 0 amide bonds. The average Bonchev–Trinajstić information content (AvgIpc) is 2.84. The molecule has 3 aromatic carbocycles. The first-order valence-electron chi connectivity index (χ1n) is 11.5. The molecule has 0 saturated heterocycles. The van der Waals surface area contributed by atoms with Gasteiger partial charge in [-0.05, 0) is 85.9 Å². The number of nitrogens with zero attached hydrogens (tertiary/aromatic N) is 1. The molecule has 0 aliphatic heterocycles. The Morgan fingerprint density at radius 2 is 1.62 bits per heavy atom. The van der Waals surface area contributed by atoms with Crippen LogP contribution in [0.3, 0.4) is 0 Å². The van der Waals surface area contributed by atoms with E-state index < -0.39 is 5.60 Å². The van der Waals surface area contributed by atoms with Crippen molar-refractivity contribution in [1.82, 2.24) is 4.98 Å². The van der Waals surface area contributed by atoms with Gasteiger partial charge in [0.25, 0.3) is 0 Å². The van der Waals surface area contributed by atoms with Crippen LogP contribution >= 0.6 is 12.6 Å². The van der Waals surface area contributed by atoms with Crippen LogP contribution in [0.1, 0.15) is 48.2 Å². The van der Waals surface area contributed by atoms with Gasteiger partial charge in [-0.25, -0.2) is 4.98 Å². The summed E-state index contributed by atoms with van der Waals surface area (Å²) in [4.78, 5) is 4.62. The van der Waals surface area contributed by atoms with E-state index in [0.717, 1.165) is 47.0 Å². The molecule has 0 fully saturated rings. The lowest BCUT2D eigenvalue weighted by atomic mass is 9.90. The molecule has 4 heteroatoms. The molecular formula is C30H33NO2S. The van der Waals surface area contributed by atoms with Crippen molar-refractivity contribution in [3.63, 3.8) is 0 Å². The van der Waals surface area contributed by atoms with Crippen molar-refractivity contribution in [3.05, 3.63) is 107 Å².